The zero-order valence-corrected chi connectivity index (χ0v) is 15.0. The molecule has 0 unspecified atom stereocenters. The predicted octanol–water partition coefficient (Wildman–Crippen LogP) is 3.40. The summed E-state index contributed by atoms with van der Waals surface area (Å²) >= 11 is 0. The number of amides is 1. The molecule has 6 nitrogen and oxygen atoms in total. The van der Waals surface area contributed by atoms with Gasteiger partial charge in [-0.05, 0) is 41.5 Å². The number of hydrogen-bond acceptors (Lipinski definition) is 4. The molecule has 28 heavy (non-hydrogen) atoms. The van der Waals surface area contributed by atoms with Crippen LogP contribution in [-0.2, 0) is 0 Å². The number of benzene rings is 2. The first kappa shape index (κ1) is 17.7. The SMILES string of the molecule is COc1ccc([C@@H](NC(=O)c2cn3cccnc3n2)c2ccc(F)cc2)cc1. The minimum absolute atomic E-state index is 0.249. The van der Waals surface area contributed by atoms with Gasteiger partial charge in [0.05, 0.1) is 13.2 Å². The number of aromatic nitrogens is 3. The molecule has 7 heteroatoms. The fourth-order valence-corrected chi connectivity index (χ4v) is 2.96. The number of hydrogen-bond donors (Lipinski definition) is 1. The Labute approximate surface area is 160 Å². The number of rotatable bonds is 5. The van der Waals surface area contributed by atoms with Gasteiger partial charge in [-0.15, -0.1) is 0 Å². The van der Waals surface area contributed by atoms with Crippen LogP contribution >= 0.6 is 0 Å². The average molecular weight is 376 g/mol. The second-order valence-corrected chi connectivity index (χ2v) is 6.18. The fourth-order valence-electron chi connectivity index (χ4n) is 2.96. The lowest BCUT2D eigenvalue weighted by Crippen LogP contribution is -2.29. The molecule has 0 spiro atoms. The Morgan fingerprint density at radius 3 is 2.43 bits per heavy atom. The number of halogens is 1. The molecule has 0 radical (unpaired) electrons. The Hall–Kier alpha value is -3.74. The van der Waals surface area contributed by atoms with Crippen molar-refractivity contribution in [2.24, 2.45) is 0 Å². The van der Waals surface area contributed by atoms with Crippen molar-refractivity contribution >= 4 is 11.7 Å². The summed E-state index contributed by atoms with van der Waals surface area (Å²) in [6, 6.07) is 14.7. The van der Waals surface area contributed by atoms with Crippen LogP contribution in [-0.4, -0.2) is 27.4 Å². The lowest BCUT2D eigenvalue weighted by molar-refractivity contribution is 0.0938. The molecule has 2 heterocycles. The quantitative estimate of drug-likeness (QED) is 0.580. The maximum atomic E-state index is 13.4. The Bertz CT molecular complexity index is 1070. The molecule has 4 rings (SSSR count). The van der Waals surface area contributed by atoms with Crippen molar-refractivity contribution in [3.05, 3.63) is 95.8 Å². The van der Waals surface area contributed by atoms with E-state index in [4.69, 9.17) is 4.74 Å². The van der Waals surface area contributed by atoms with Gasteiger partial charge in [0.2, 0.25) is 5.78 Å². The lowest BCUT2D eigenvalue weighted by atomic mass is 9.98. The Kier molecular flexibility index (Phi) is 4.72. The van der Waals surface area contributed by atoms with Crippen molar-refractivity contribution in [3.63, 3.8) is 0 Å². The molecule has 0 bridgehead atoms. The van der Waals surface area contributed by atoms with Crippen molar-refractivity contribution in [2.75, 3.05) is 7.11 Å². The first-order valence-corrected chi connectivity index (χ1v) is 8.64. The van der Waals surface area contributed by atoms with Gasteiger partial charge in [0, 0.05) is 18.6 Å². The number of nitrogens with one attached hydrogen (secondary N) is 1. The third-order valence-electron chi connectivity index (χ3n) is 4.40. The summed E-state index contributed by atoms with van der Waals surface area (Å²) in [6.45, 7) is 0. The lowest BCUT2D eigenvalue weighted by Gasteiger charge is -2.19. The number of fused-ring (bicyclic) bond motifs is 1. The van der Waals surface area contributed by atoms with Crippen LogP contribution in [0.15, 0.2) is 73.2 Å². The van der Waals surface area contributed by atoms with Crippen molar-refractivity contribution in [1.29, 1.82) is 0 Å². The van der Waals surface area contributed by atoms with Gasteiger partial charge in [-0.25, -0.2) is 14.4 Å². The van der Waals surface area contributed by atoms with E-state index < -0.39 is 6.04 Å². The number of carbonyl (C=O) groups excluding carboxylic acids is 1. The Morgan fingerprint density at radius 1 is 1.11 bits per heavy atom. The maximum absolute atomic E-state index is 13.4. The van der Waals surface area contributed by atoms with Crippen molar-refractivity contribution in [1.82, 2.24) is 19.7 Å². The molecule has 0 aliphatic carbocycles. The second-order valence-electron chi connectivity index (χ2n) is 6.18. The van der Waals surface area contributed by atoms with Gasteiger partial charge in [-0.1, -0.05) is 24.3 Å². The number of carbonyl (C=O) groups is 1. The average Bonchev–Trinajstić information content (AvgIpc) is 3.17. The van der Waals surface area contributed by atoms with Gasteiger partial charge in [0.25, 0.3) is 5.91 Å². The van der Waals surface area contributed by atoms with E-state index in [0.717, 1.165) is 11.1 Å². The molecule has 2 aromatic carbocycles. The van der Waals surface area contributed by atoms with E-state index in [-0.39, 0.29) is 17.4 Å². The molecule has 1 N–H and O–H groups in total. The van der Waals surface area contributed by atoms with Crippen LogP contribution in [0.1, 0.15) is 27.7 Å². The molecule has 0 saturated heterocycles. The van der Waals surface area contributed by atoms with E-state index in [1.54, 1.807) is 48.3 Å². The van der Waals surface area contributed by atoms with Gasteiger partial charge >= 0.3 is 0 Å². The molecule has 0 aliphatic heterocycles. The third-order valence-corrected chi connectivity index (χ3v) is 4.40. The van der Waals surface area contributed by atoms with Crippen LogP contribution in [0.2, 0.25) is 0 Å². The molecule has 0 saturated carbocycles. The Balaban J connectivity index is 1.67. The molecular formula is C21H17FN4O2. The minimum Gasteiger partial charge on any atom is -0.497 e. The largest absolute Gasteiger partial charge is 0.497 e. The molecule has 1 amide bonds. The maximum Gasteiger partial charge on any atom is 0.272 e. The molecule has 0 fully saturated rings. The highest BCUT2D eigenvalue weighted by atomic mass is 19.1. The van der Waals surface area contributed by atoms with E-state index in [0.29, 0.717) is 11.5 Å². The monoisotopic (exact) mass is 376 g/mol. The zero-order valence-electron chi connectivity index (χ0n) is 15.0. The molecular weight excluding hydrogens is 359 g/mol. The second kappa shape index (κ2) is 7.48. The summed E-state index contributed by atoms with van der Waals surface area (Å²) in [6.07, 6.45) is 5.00. The smallest absolute Gasteiger partial charge is 0.272 e. The Morgan fingerprint density at radius 2 is 1.79 bits per heavy atom. The van der Waals surface area contributed by atoms with Crippen molar-refractivity contribution in [2.45, 2.75) is 6.04 Å². The summed E-state index contributed by atoms with van der Waals surface area (Å²) in [4.78, 5) is 21.2. The summed E-state index contributed by atoms with van der Waals surface area (Å²) < 4.78 is 20.2. The van der Waals surface area contributed by atoms with E-state index in [1.807, 2.05) is 24.3 Å². The molecule has 4 aromatic rings. The van der Waals surface area contributed by atoms with Crippen LogP contribution in [0, 0.1) is 5.82 Å². The molecule has 1 atom stereocenters. The van der Waals surface area contributed by atoms with Gasteiger partial charge in [0.1, 0.15) is 17.3 Å². The first-order chi connectivity index (χ1) is 13.6. The third kappa shape index (κ3) is 3.55. The highest BCUT2D eigenvalue weighted by Crippen LogP contribution is 2.25. The molecule has 2 aromatic heterocycles. The van der Waals surface area contributed by atoms with E-state index in [2.05, 4.69) is 15.3 Å². The van der Waals surface area contributed by atoms with Gasteiger partial charge < -0.3 is 10.1 Å². The van der Waals surface area contributed by atoms with Crippen LogP contribution in [0.5, 0.6) is 5.75 Å². The minimum atomic E-state index is -0.475. The summed E-state index contributed by atoms with van der Waals surface area (Å²) in [7, 11) is 1.59. The molecule has 140 valence electrons. The fraction of sp³-hybridized carbons (Fsp3) is 0.0952. The van der Waals surface area contributed by atoms with E-state index >= 15 is 0 Å². The van der Waals surface area contributed by atoms with Gasteiger partial charge in [-0.3, -0.25) is 9.20 Å². The van der Waals surface area contributed by atoms with Crippen molar-refractivity contribution < 1.29 is 13.9 Å². The summed E-state index contributed by atoms with van der Waals surface area (Å²) in [5.74, 6) is 0.459. The van der Waals surface area contributed by atoms with Crippen LogP contribution in [0.4, 0.5) is 4.39 Å². The number of methoxy groups -OCH3 is 1. The van der Waals surface area contributed by atoms with Gasteiger partial charge in [0.15, 0.2) is 0 Å². The van der Waals surface area contributed by atoms with Crippen LogP contribution < -0.4 is 10.1 Å². The molecule has 0 aliphatic rings. The highest BCUT2D eigenvalue weighted by Gasteiger charge is 2.20. The number of imidazole rings is 1. The van der Waals surface area contributed by atoms with E-state index in [1.165, 1.54) is 12.1 Å². The van der Waals surface area contributed by atoms with Crippen LogP contribution in [0.25, 0.3) is 5.78 Å². The topological polar surface area (TPSA) is 68.5 Å². The first-order valence-electron chi connectivity index (χ1n) is 8.64. The normalized spacial score (nSPS) is 11.9. The van der Waals surface area contributed by atoms with E-state index in [9.17, 15) is 9.18 Å². The van der Waals surface area contributed by atoms with Crippen LogP contribution in [0.3, 0.4) is 0 Å². The summed E-state index contributed by atoms with van der Waals surface area (Å²) in [5.41, 5.74) is 1.84. The number of ether oxygens (including phenoxy) is 1. The van der Waals surface area contributed by atoms with Gasteiger partial charge in [-0.2, -0.15) is 0 Å². The predicted molar refractivity (Wildman–Crippen MR) is 102 cm³/mol. The number of nitrogens with zero attached hydrogens (tertiary/aromatic N) is 3. The standard InChI is InChI=1S/C21H17FN4O2/c1-28-17-9-5-15(6-10-17)19(14-3-7-16(22)8-4-14)25-20(27)18-13-26-12-2-11-23-21(26)24-18/h2-13,19H,1H3,(H,25,27)/t19-/m0/s1. The van der Waals surface area contributed by atoms with Crippen molar-refractivity contribution in [3.8, 4) is 5.75 Å². The zero-order chi connectivity index (χ0) is 19.5. The summed E-state index contributed by atoms with van der Waals surface area (Å²) in [5, 5.41) is 2.98. The highest BCUT2D eigenvalue weighted by molar-refractivity contribution is 5.93.